The van der Waals surface area contributed by atoms with Gasteiger partial charge in [-0.2, -0.15) is 0 Å². The van der Waals surface area contributed by atoms with Crippen LogP contribution in [0, 0.1) is 5.92 Å². The summed E-state index contributed by atoms with van der Waals surface area (Å²) in [7, 11) is 0. The molecule has 1 aliphatic rings. The van der Waals surface area contributed by atoms with Gasteiger partial charge in [-0.3, -0.25) is 9.59 Å². The highest BCUT2D eigenvalue weighted by molar-refractivity contribution is 6.31. The second kappa shape index (κ2) is 7.66. The molecule has 0 saturated heterocycles. The van der Waals surface area contributed by atoms with Crippen LogP contribution in [0.4, 0.5) is 0 Å². The van der Waals surface area contributed by atoms with Crippen molar-refractivity contribution in [2.75, 3.05) is 6.54 Å². The second-order valence-corrected chi connectivity index (χ2v) is 5.51. The lowest BCUT2D eigenvalue weighted by Gasteiger charge is -2.16. The summed E-state index contributed by atoms with van der Waals surface area (Å²) in [5, 5.41) is 6.25. The molecule has 2 rings (SSSR count). The Balaban J connectivity index is 0.00000220. The van der Waals surface area contributed by atoms with Gasteiger partial charge in [0.2, 0.25) is 5.91 Å². The number of benzene rings is 1. The highest BCUT2D eigenvalue weighted by Gasteiger charge is 2.30. The minimum Gasteiger partial charge on any atom is -0.352 e. The first-order valence-corrected chi connectivity index (χ1v) is 7.28. The Kier molecular flexibility index (Phi) is 6.49. The minimum atomic E-state index is -0.204. The zero-order valence-corrected chi connectivity index (χ0v) is 13.7. The van der Waals surface area contributed by atoms with Crippen molar-refractivity contribution in [3.8, 4) is 0 Å². The lowest BCUT2D eigenvalue weighted by atomic mass is 10.0. The Morgan fingerprint density at radius 2 is 2.05 bits per heavy atom. The molecule has 1 fully saturated rings. The molecule has 1 saturated carbocycles. The van der Waals surface area contributed by atoms with Crippen molar-refractivity contribution in [3.63, 3.8) is 0 Å². The normalized spacial score (nSPS) is 14.8. The summed E-state index contributed by atoms with van der Waals surface area (Å²) in [5.74, 6) is 0.0888. The van der Waals surface area contributed by atoms with Gasteiger partial charge >= 0.3 is 0 Å². The lowest BCUT2D eigenvalue weighted by molar-refractivity contribution is -0.122. The molecule has 6 heteroatoms. The van der Waals surface area contributed by atoms with Gasteiger partial charge in [-0.1, -0.05) is 11.6 Å². The fourth-order valence-corrected chi connectivity index (χ4v) is 2.32. The van der Waals surface area contributed by atoms with E-state index in [-0.39, 0.29) is 36.2 Å². The maximum absolute atomic E-state index is 11.8. The van der Waals surface area contributed by atoms with Gasteiger partial charge in [-0.15, -0.1) is 12.4 Å². The molecule has 1 aliphatic carbocycles. The predicted molar refractivity (Wildman–Crippen MR) is 86.0 cm³/mol. The molecule has 0 radical (unpaired) electrons. The molecule has 0 heterocycles. The third-order valence-corrected chi connectivity index (χ3v) is 3.71. The van der Waals surface area contributed by atoms with E-state index in [1.54, 1.807) is 18.2 Å². The first kappa shape index (κ1) is 17.8. The summed E-state index contributed by atoms with van der Waals surface area (Å²) in [6, 6.07) is 4.92. The quantitative estimate of drug-likeness (QED) is 0.871. The Morgan fingerprint density at radius 1 is 1.38 bits per heavy atom. The number of hydrogen-bond donors (Lipinski definition) is 2. The summed E-state index contributed by atoms with van der Waals surface area (Å²) < 4.78 is 0. The van der Waals surface area contributed by atoms with Gasteiger partial charge in [0.05, 0.1) is 6.04 Å². The van der Waals surface area contributed by atoms with E-state index in [0.717, 1.165) is 18.4 Å². The Morgan fingerprint density at radius 3 is 2.62 bits per heavy atom. The number of carbonyl (C=O) groups is 2. The van der Waals surface area contributed by atoms with Crippen molar-refractivity contribution in [1.29, 1.82) is 0 Å². The van der Waals surface area contributed by atoms with Gasteiger partial charge in [0.25, 0.3) is 5.91 Å². The van der Waals surface area contributed by atoms with E-state index >= 15 is 0 Å². The van der Waals surface area contributed by atoms with Crippen molar-refractivity contribution in [1.82, 2.24) is 10.6 Å². The predicted octanol–water partition coefficient (Wildman–Crippen LogP) is 3.10. The minimum absolute atomic E-state index is 0. The zero-order chi connectivity index (χ0) is 14.7. The van der Waals surface area contributed by atoms with E-state index in [1.807, 2.05) is 13.8 Å². The van der Waals surface area contributed by atoms with Gasteiger partial charge in [0.15, 0.2) is 0 Å². The van der Waals surface area contributed by atoms with Crippen molar-refractivity contribution in [3.05, 3.63) is 34.3 Å². The molecule has 2 amide bonds. The van der Waals surface area contributed by atoms with Crippen LogP contribution in [0.2, 0.25) is 5.02 Å². The Hall–Kier alpha value is -1.26. The van der Waals surface area contributed by atoms with Crippen molar-refractivity contribution >= 4 is 35.8 Å². The SMILES string of the molecule is CCNC(=O)c1ccc(Cl)c(C(C)NC(=O)C2CC2)c1.Cl. The number of amides is 2. The molecule has 116 valence electrons. The van der Waals surface area contributed by atoms with E-state index in [4.69, 9.17) is 11.6 Å². The van der Waals surface area contributed by atoms with Crippen LogP contribution in [-0.2, 0) is 4.79 Å². The van der Waals surface area contributed by atoms with E-state index in [1.165, 1.54) is 0 Å². The monoisotopic (exact) mass is 330 g/mol. The van der Waals surface area contributed by atoms with Gasteiger partial charge < -0.3 is 10.6 Å². The molecule has 0 spiro atoms. The molecular weight excluding hydrogens is 311 g/mol. The fourth-order valence-electron chi connectivity index (χ4n) is 2.03. The number of rotatable bonds is 5. The van der Waals surface area contributed by atoms with Gasteiger partial charge in [-0.25, -0.2) is 0 Å². The van der Waals surface area contributed by atoms with Gasteiger partial charge in [-0.05, 0) is 50.5 Å². The van der Waals surface area contributed by atoms with Crippen LogP contribution in [0.15, 0.2) is 18.2 Å². The molecule has 0 aliphatic heterocycles. The van der Waals surface area contributed by atoms with Crippen molar-refractivity contribution < 1.29 is 9.59 Å². The number of carbonyl (C=O) groups excluding carboxylic acids is 2. The summed E-state index contributed by atoms with van der Waals surface area (Å²) >= 11 is 6.17. The molecule has 0 aromatic heterocycles. The van der Waals surface area contributed by atoms with E-state index in [0.29, 0.717) is 17.1 Å². The van der Waals surface area contributed by atoms with Gasteiger partial charge in [0.1, 0.15) is 0 Å². The summed E-state index contributed by atoms with van der Waals surface area (Å²) in [6.45, 7) is 4.32. The molecular formula is C15H20Cl2N2O2. The van der Waals surface area contributed by atoms with Crippen LogP contribution in [-0.4, -0.2) is 18.4 Å². The summed E-state index contributed by atoms with van der Waals surface area (Å²) in [6.07, 6.45) is 1.93. The van der Waals surface area contributed by atoms with Crippen LogP contribution in [0.1, 0.15) is 48.7 Å². The first-order valence-electron chi connectivity index (χ1n) is 6.91. The van der Waals surface area contributed by atoms with Crippen LogP contribution in [0.3, 0.4) is 0 Å². The van der Waals surface area contributed by atoms with Crippen LogP contribution in [0.5, 0.6) is 0 Å². The van der Waals surface area contributed by atoms with Crippen LogP contribution < -0.4 is 10.6 Å². The third-order valence-electron chi connectivity index (χ3n) is 3.37. The van der Waals surface area contributed by atoms with Crippen LogP contribution >= 0.6 is 24.0 Å². The van der Waals surface area contributed by atoms with Crippen molar-refractivity contribution in [2.24, 2.45) is 5.92 Å². The molecule has 21 heavy (non-hydrogen) atoms. The molecule has 4 nitrogen and oxygen atoms in total. The molecule has 1 unspecified atom stereocenters. The topological polar surface area (TPSA) is 58.2 Å². The molecule has 1 atom stereocenters. The molecule has 1 aromatic rings. The average Bonchev–Trinajstić information content (AvgIpc) is 3.23. The van der Waals surface area contributed by atoms with Gasteiger partial charge in [0, 0.05) is 23.0 Å². The largest absolute Gasteiger partial charge is 0.352 e. The number of halogens is 2. The second-order valence-electron chi connectivity index (χ2n) is 5.10. The maximum atomic E-state index is 11.8. The Bertz CT molecular complexity index is 530. The molecule has 1 aromatic carbocycles. The lowest BCUT2D eigenvalue weighted by Crippen LogP contribution is -2.28. The average molecular weight is 331 g/mol. The highest BCUT2D eigenvalue weighted by Crippen LogP contribution is 2.31. The zero-order valence-electron chi connectivity index (χ0n) is 12.1. The summed E-state index contributed by atoms with van der Waals surface area (Å²) in [5.41, 5.74) is 1.32. The van der Waals surface area contributed by atoms with E-state index in [2.05, 4.69) is 10.6 Å². The standard InChI is InChI=1S/C15H19ClN2O2.ClH/c1-3-17-14(19)11-6-7-13(16)12(8-11)9(2)18-15(20)10-4-5-10;/h6-10H,3-5H2,1-2H3,(H,17,19)(H,18,20);1H. The van der Waals surface area contributed by atoms with E-state index in [9.17, 15) is 9.59 Å². The maximum Gasteiger partial charge on any atom is 0.251 e. The highest BCUT2D eigenvalue weighted by atomic mass is 35.5. The van der Waals surface area contributed by atoms with Crippen LogP contribution in [0.25, 0.3) is 0 Å². The molecule has 2 N–H and O–H groups in total. The Labute approximate surface area is 136 Å². The third kappa shape index (κ3) is 4.61. The fraction of sp³-hybridized carbons (Fsp3) is 0.467. The van der Waals surface area contributed by atoms with E-state index < -0.39 is 0 Å². The molecule has 0 bridgehead atoms. The summed E-state index contributed by atoms with van der Waals surface area (Å²) in [4.78, 5) is 23.6. The van der Waals surface area contributed by atoms with Crippen molar-refractivity contribution in [2.45, 2.75) is 32.7 Å². The number of hydrogen-bond acceptors (Lipinski definition) is 2. The first-order chi connectivity index (χ1) is 9.52. The number of nitrogens with one attached hydrogen (secondary N) is 2. The smallest absolute Gasteiger partial charge is 0.251 e.